The van der Waals surface area contributed by atoms with Crippen LogP contribution in [0.4, 0.5) is 0 Å². The van der Waals surface area contributed by atoms with Crippen LogP contribution >= 0.6 is 11.3 Å². The minimum absolute atomic E-state index is 0.0323. The second kappa shape index (κ2) is 10.8. The number of aromatic nitrogens is 1. The summed E-state index contributed by atoms with van der Waals surface area (Å²) < 4.78 is 11.5. The molecule has 8 heteroatoms. The number of benzene rings is 2. The van der Waals surface area contributed by atoms with Crippen LogP contribution in [0.5, 0.6) is 11.5 Å². The zero-order chi connectivity index (χ0) is 25.8. The van der Waals surface area contributed by atoms with Gasteiger partial charge in [-0.1, -0.05) is 49.1 Å². The van der Waals surface area contributed by atoms with E-state index in [9.17, 15) is 14.7 Å². The summed E-state index contributed by atoms with van der Waals surface area (Å²) in [5, 5.41) is 11.7. The third-order valence-electron chi connectivity index (χ3n) is 5.79. The van der Waals surface area contributed by atoms with Gasteiger partial charge in [-0.3, -0.25) is 9.59 Å². The molecule has 36 heavy (non-hydrogen) atoms. The first-order valence-electron chi connectivity index (χ1n) is 11.6. The summed E-state index contributed by atoms with van der Waals surface area (Å²) in [7, 11) is 0. The van der Waals surface area contributed by atoms with Gasteiger partial charge in [0.2, 0.25) is 5.78 Å². The van der Waals surface area contributed by atoms with E-state index in [1.165, 1.54) is 16.2 Å². The Hall–Kier alpha value is -3.91. The molecule has 7 nitrogen and oxygen atoms in total. The molecule has 186 valence electrons. The summed E-state index contributed by atoms with van der Waals surface area (Å²) in [6.45, 7) is 10.0. The number of rotatable bonds is 10. The van der Waals surface area contributed by atoms with E-state index >= 15 is 0 Å². The maximum atomic E-state index is 13.7. The van der Waals surface area contributed by atoms with Gasteiger partial charge in [-0.2, -0.15) is 0 Å². The Morgan fingerprint density at radius 3 is 2.56 bits per heavy atom. The summed E-state index contributed by atoms with van der Waals surface area (Å²) >= 11 is 1.25. The Morgan fingerprint density at radius 2 is 1.92 bits per heavy atom. The number of carbonyl (C=O) groups is 2. The summed E-state index contributed by atoms with van der Waals surface area (Å²) in [6.07, 6.45) is 1.64. The van der Waals surface area contributed by atoms with Crippen molar-refractivity contribution in [3.8, 4) is 11.5 Å². The molecule has 0 saturated carbocycles. The van der Waals surface area contributed by atoms with Crippen molar-refractivity contribution in [2.45, 2.75) is 33.4 Å². The van der Waals surface area contributed by atoms with E-state index in [1.54, 1.807) is 31.2 Å². The van der Waals surface area contributed by atoms with Crippen LogP contribution in [0.25, 0.3) is 0 Å². The highest BCUT2D eigenvalue weighted by atomic mass is 32.1. The van der Waals surface area contributed by atoms with Crippen LogP contribution in [-0.4, -0.2) is 39.9 Å². The molecular weight excluding hydrogens is 476 g/mol. The van der Waals surface area contributed by atoms with Crippen LogP contribution in [0.3, 0.4) is 0 Å². The highest BCUT2D eigenvalue weighted by Gasteiger charge is 2.44. The van der Waals surface area contributed by atoms with Gasteiger partial charge in [0.1, 0.15) is 6.61 Å². The molecule has 1 aliphatic heterocycles. The van der Waals surface area contributed by atoms with Crippen molar-refractivity contribution in [3.63, 3.8) is 0 Å². The zero-order valence-electron chi connectivity index (χ0n) is 20.5. The fourth-order valence-electron chi connectivity index (χ4n) is 4.27. The summed E-state index contributed by atoms with van der Waals surface area (Å²) in [5.41, 5.74) is 2.10. The first-order chi connectivity index (χ1) is 17.3. The molecule has 1 unspecified atom stereocenters. The largest absolute Gasteiger partial charge is 0.503 e. The molecule has 1 aliphatic rings. The van der Waals surface area contributed by atoms with E-state index in [2.05, 4.69) is 11.6 Å². The molecule has 0 saturated heterocycles. The predicted octanol–water partition coefficient (Wildman–Crippen LogP) is 5.50. The number of thiazole rings is 1. The first kappa shape index (κ1) is 25.2. The third kappa shape index (κ3) is 4.90. The molecule has 0 bridgehead atoms. The number of aryl methyl sites for hydroxylation is 2. The molecule has 3 aromatic rings. The zero-order valence-corrected chi connectivity index (χ0v) is 21.3. The lowest BCUT2D eigenvalue weighted by Crippen LogP contribution is -2.30. The fourth-order valence-corrected chi connectivity index (χ4v) is 5.14. The van der Waals surface area contributed by atoms with Crippen LogP contribution in [0, 0.1) is 13.8 Å². The second-order valence-electron chi connectivity index (χ2n) is 8.30. The molecule has 4 rings (SSSR count). The van der Waals surface area contributed by atoms with E-state index in [4.69, 9.17) is 9.47 Å². The number of amides is 1. The molecule has 1 N–H and O–H groups in total. The summed E-state index contributed by atoms with van der Waals surface area (Å²) in [5.74, 6) is -0.553. The van der Waals surface area contributed by atoms with Gasteiger partial charge in [0.15, 0.2) is 17.3 Å². The van der Waals surface area contributed by atoms with E-state index < -0.39 is 23.5 Å². The number of aliphatic hydroxyl groups is 1. The van der Waals surface area contributed by atoms with Gasteiger partial charge in [0.25, 0.3) is 5.91 Å². The number of hydrogen-bond donors (Lipinski definition) is 1. The monoisotopic (exact) mass is 504 g/mol. The molecule has 2 heterocycles. The van der Waals surface area contributed by atoms with Crippen LogP contribution in [0.1, 0.15) is 44.5 Å². The number of ketones is 1. The van der Waals surface area contributed by atoms with Crippen molar-refractivity contribution in [3.05, 3.63) is 99.2 Å². The molecule has 0 fully saturated rings. The Morgan fingerprint density at radius 1 is 1.17 bits per heavy atom. The Labute approximate surface area is 214 Å². The number of ether oxygens (including phenoxy) is 2. The topological polar surface area (TPSA) is 89.0 Å². The lowest BCUT2D eigenvalue weighted by atomic mass is 9.94. The molecule has 1 aromatic heterocycles. The van der Waals surface area contributed by atoms with Crippen molar-refractivity contribution in [2.24, 2.45) is 0 Å². The molecule has 0 aliphatic carbocycles. The second-order valence-corrected chi connectivity index (χ2v) is 9.50. The molecule has 2 aromatic carbocycles. The van der Waals surface area contributed by atoms with Crippen LogP contribution in [-0.2, 0) is 11.3 Å². The average molecular weight is 505 g/mol. The van der Waals surface area contributed by atoms with Crippen molar-refractivity contribution in [2.75, 3.05) is 13.2 Å². The highest BCUT2D eigenvalue weighted by Crippen LogP contribution is 2.43. The quantitative estimate of drug-likeness (QED) is 0.290. The average Bonchev–Trinajstić information content (AvgIpc) is 3.34. The SMILES string of the molecule is C=CCOc1ccc(C2C(C(=O)c3sc(C)nc3C)=C(O)C(=O)N2Cc2ccccc2)cc1OCC. The van der Waals surface area contributed by atoms with Gasteiger partial charge < -0.3 is 19.5 Å². The van der Waals surface area contributed by atoms with E-state index in [0.29, 0.717) is 40.8 Å². The predicted molar refractivity (Wildman–Crippen MR) is 139 cm³/mol. The third-order valence-corrected chi connectivity index (χ3v) is 6.87. The Bertz CT molecular complexity index is 1330. The molecule has 1 atom stereocenters. The molecular formula is C28H28N2O5S. The maximum absolute atomic E-state index is 13.7. The normalized spacial score (nSPS) is 15.4. The van der Waals surface area contributed by atoms with E-state index in [1.807, 2.05) is 44.2 Å². The van der Waals surface area contributed by atoms with Crippen LogP contribution < -0.4 is 9.47 Å². The van der Waals surface area contributed by atoms with Gasteiger partial charge in [0.05, 0.1) is 33.8 Å². The van der Waals surface area contributed by atoms with Crippen molar-refractivity contribution < 1.29 is 24.2 Å². The number of nitrogens with zero attached hydrogens (tertiary/aromatic N) is 2. The number of hydrogen-bond acceptors (Lipinski definition) is 7. The number of aliphatic hydroxyl groups excluding tert-OH is 1. The van der Waals surface area contributed by atoms with Crippen LogP contribution in [0.2, 0.25) is 0 Å². The summed E-state index contributed by atoms with van der Waals surface area (Å²) in [4.78, 5) is 33.4. The van der Waals surface area contributed by atoms with Crippen molar-refractivity contribution in [1.82, 2.24) is 9.88 Å². The van der Waals surface area contributed by atoms with Gasteiger partial charge in [-0.05, 0) is 44.0 Å². The minimum Gasteiger partial charge on any atom is -0.503 e. The lowest BCUT2D eigenvalue weighted by Gasteiger charge is -2.27. The minimum atomic E-state index is -0.820. The van der Waals surface area contributed by atoms with Crippen molar-refractivity contribution >= 4 is 23.0 Å². The fraction of sp³-hybridized carbons (Fsp3) is 0.250. The van der Waals surface area contributed by atoms with Gasteiger partial charge in [0, 0.05) is 6.54 Å². The Balaban J connectivity index is 1.83. The number of carbonyl (C=O) groups excluding carboxylic acids is 2. The Kier molecular flexibility index (Phi) is 7.55. The molecule has 0 spiro atoms. The maximum Gasteiger partial charge on any atom is 0.290 e. The summed E-state index contributed by atoms with van der Waals surface area (Å²) in [6, 6.07) is 13.9. The molecule has 1 amide bonds. The molecule has 0 radical (unpaired) electrons. The van der Waals surface area contributed by atoms with Crippen molar-refractivity contribution in [1.29, 1.82) is 0 Å². The van der Waals surface area contributed by atoms with Gasteiger partial charge in [-0.15, -0.1) is 11.3 Å². The van der Waals surface area contributed by atoms with Gasteiger partial charge in [-0.25, -0.2) is 4.98 Å². The van der Waals surface area contributed by atoms with E-state index in [-0.39, 0.29) is 12.1 Å². The highest BCUT2D eigenvalue weighted by molar-refractivity contribution is 7.14. The number of Topliss-reactive ketones (excluding diaryl/α,β-unsaturated/α-hetero) is 1. The smallest absolute Gasteiger partial charge is 0.290 e. The standard InChI is InChI=1S/C28H28N2O5S/c1-5-14-35-21-13-12-20(15-22(21)34-6-2)24-23(25(31)27-17(3)29-18(4)36-27)26(32)28(33)30(24)16-19-10-8-7-9-11-19/h5,7-13,15,24,32H,1,6,14,16H2,2-4H3. The lowest BCUT2D eigenvalue weighted by molar-refractivity contribution is -0.130. The van der Waals surface area contributed by atoms with E-state index in [0.717, 1.165) is 10.6 Å². The van der Waals surface area contributed by atoms with Gasteiger partial charge >= 0.3 is 0 Å². The van der Waals surface area contributed by atoms with Crippen LogP contribution in [0.15, 0.2) is 72.5 Å². The first-order valence-corrected chi connectivity index (χ1v) is 12.4.